The van der Waals surface area contributed by atoms with Crippen LogP contribution in [0.2, 0.25) is 0 Å². The van der Waals surface area contributed by atoms with Gasteiger partial charge in [-0.3, -0.25) is 9.79 Å². The molecule has 37 heavy (non-hydrogen) atoms. The monoisotopic (exact) mass is 501 g/mol. The fraction of sp³-hybridized carbons (Fsp3) is 0.357. The van der Waals surface area contributed by atoms with Crippen molar-refractivity contribution in [1.82, 2.24) is 14.8 Å². The van der Waals surface area contributed by atoms with Crippen LogP contribution >= 0.6 is 0 Å². The summed E-state index contributed by atoms with van der Waals surface area (Å²) in [5, 5.41) is 18.7. The molecule has 0 saturated heterocycles. The first-order chi connectivity index (χ1) is 17.8. The third-order valence-corrected chi connectivity index (χ3v) is 6.99. The number of aliphatic hydroxyl groups is 1. The number of aliphatic hydroxyl groups excluding tert-OH is 1. The van der Waals surface area contributed by atoms with Crippen LogP contribution in [0.25, 0.3) is 0 Å². The highest BCUT2D eigenvalue weighted by Gasteiger charge is 2.40. The maximum atomic E-state index is 12.9. The number of aliphatic imine (C=N–C) groups is 1. The molecule has 9 heteroatoms. The molecule has 1 aromatic heterocycles. The number of methoxy groups -OCH3 is 2. The van der Waals surface area contributed by atoms with E-state index < -0.39 is 6.04 Å². The zero-order valence-electron chi connectivity index (χ0n) is 21.4. The van der Waals surface area contributed by atoms with Crippen LogP contribution in [-0.4, -0.2) is 52.1 Å². The molecular weight excluding hydrogens is 470 g/mol. The average Bonchev–Trinajstić information content (AvgIpc) is 3.35. The van der Waals surface area contributed by atoms with Crippen molar-refractivity contribution in [3.05, 3.63) is 77.3 Å². The summed E-state index contributed by atoms with van der Waals surface area (Å²) in [6.45, 7) is 3.96. The van der Waals surface area contributed by atoms with Crippen LogP contribution in [0.5, 0.6) is 11.5 Å². The Hall–Kier alpha value is -4.14. The van der Waals surface area contributed by atoms with Gasteiger partial charge in [0, 0.05) is 19.1 Å². The number of ether oxygens (including phenoxy) is 2. The minimum Gasteiger partial charge on any atom is -0.511 e. The Kier molecular flexibility index (Phi) is 6.45. The van der Waals surface area contributed by atoms with Gasteiger partial charge in [0.25, 0.3) is 0 Å². The summed E-state index contributed by atoms with van der Waals surface area (Å²) < 4.78 is 12.5. The van der Waals surface area contributed by atoms with E-state index in [1.165, 1.54) is 12.5 Å². The second-order valence-electron chi connectivity index (χ2n) is 10.2. The van der Waals surface area contributed by atoms with Crippen molar-refractivity contribution in [2.24, 2.45) is 10.4 Å². The second-order valence-corrected chi connectivity index (χ2v) is 10.2. The zero-order chi connectivity index (χ0) is 26.2. The minimum absolute atomic E-state index is 0.0807. The number of nitrogens with zero attached hydrogens (tertiary/aromatic N) is 4. The third-order valence-electron chi connectivity index (χ3n) is 6.99. The maximum Gasteiger partial charge on any atom is 0.222 e. The molecule has 5 rings (SSSR count). The first-order valence-corrected chi connectivity index (χ1v) is 12.2. The number of allylic oxidation sites excluding steroid dienone is 2. The number of rotatable bonds is 6. The minimum atomic E-state index is -0.418. The highest BCUT2D eigenvalue weighted by Crippen LogP contribution is 2.41. The van der Waals surface area contributed by atoms with Crippen molar-refractivity contribution >= 4 is 17.9 Å². The summed E-state index contributed by atoms with van der Waals surface area (Å²) in [4.78, 5) is 22.3. The quantitative estimate of drug-likeness (QED) is 0.471. The number of benzene rings is 2. The van der Waals surface area contributed by atoms with E-state index in [2.05, 4.69) is 15.4 Å². The lowest BCUT2D eigenvalue weighted by Crippen LogP contribution is -2.40. The summed E-state index contributed by atoms with van der Waals surface area (Å²) in [6.07, 6.45) is 3.84. The van der Waals surface area contributed by atoms with Gasteiger partial charge < -0.3 is 19.9 Å². The summed E-state index contributed by atoms with van der Waals surface area (Å²) in [6, 6.07) is 14.5. The van der Waals surface area contributed by atoms with Crippen molar-refractivity contribution in [3.63, 3.8) is 0 Å². The molecular formula is C28H31N5O4. The highest BCUT2D eigenvalue weighted by molar-refractivity contribution is 6.14. The van der Waals surface area contributed by atoms with Crippen molar-refractivity contribution < 1.29 is 19.4 Å². The van der Waals surface area contributed by atoms with Crippen LogP contribution in [0.15, 0.2) is 71.2 Å². The molecule has 9 nitrogen and oxygen atoms in total. The van der Waals surface area contributed by atoms with Gasteiger partial charge in [-0.05, 0) is 40.8 Å². The van der Waals surface area contributed by atoms with Crippen LogP contribution in [0, 0.1) is 5.41 Å². The van der Waals surface area contributed by atoms with Gasteiger partial charge in [0.1, 0.15) is 35.7 Å². The van der Waals surface area contributed by atoms with Crippen molar-refractivity contribution in [1.29, 1.82) is 0 Å². The summed E-state index contributed by atoms with van der Waals surface area (Å²) in [5.41, 5.74) is 1.93. The standard InChI is InChI=1S/C28H31N5O4/c1-28(2)13-22(34)21(23(35)14-28)15-29-25-24(17-5-9-19(36-3)10-6-17)32-27-30-16-31-33(27)26(25)18-7-11-20(37-4)12-8-18/h5-12,15-16,24-26,34H,13-14H2,1-4H3,(H,30,31,32)/t24-,25+,26+/m0/s1. The number of anilines is 1. The Balaban J connectivity index is 1.62. The molecule has 3 aromatic rings. The number of hydrogen-bond donors (Lipinski definition) is 2. The molecule has 0 unspecified atom stereocenters. The molecule has 0 spiro atoms. The Morgan fingerprint density at radius 1 is 1.03 bits per heavy atom. The topological polar surface area (TPSA) is 111 Å². The van der Waals surface area contributed by atoms with Gasteiger partial charge in [-0.1, -0.05) is 38.1 Å². The summed E-state index contributed by atoms with van der Waals surface area (Å²) in [5.74, 6) is 2.08. The van der Waals surface area contributed by atoms with Gasteiger partial charge >= 0.3 is 0 Å². The van der Waals surface area contributed by atoms with Crippen LogP contribution in [0.1, 0.15) is 49.9 Å². The van der Waals surface area contributed by atoms with Crippen LogP contribution in [-0.2, 0) is 4.79 Å². The molecule has 0 bridgehead atoms. The predicted molar refractivity (Wildman–Crippen MR) is 140 cm³/mol. The fourth-order valence-corrected chi connectivity index (χ4v) is 5.12. The van der Waals surface area contributed by atoms with E-state index in [4.69, 9.17) is 14.5 Å². The molecule has 0 saturated carbocycles. The van der Waals surface area contributed by atoms with E-state index in [1.54, 1.807) is 14.2 Å². The average molecular weight is 502 g/mol. The lowest BCUT2D eigenvalue weighted by atomic mass is 9.77. The molecule has 2 heterocycles. The zero-order valence-corrected chi connectivity index (χ0v) is 21.4. The van der Waals surface area contributed by atoms with E-state index in [-0.39, 0.29) is 34.6 Å². The number of aromatic nitrogens is 3. The largest absolute Gasteiger partial charge is 0.511 e. The molecule has 1 aliphatic heterocycles. The first-order valence-electron chi connectivity index (χ1n) is 12.2. The number of ketones is 1. The van der Waals surface area contributed by atoms with Gasteiger partial charge in [-0.2, -0.15) is 10.1 Å². The van der Waals surface area contributed by atoms with E-state index in [9.17, 15) is 9.90 Å². The van der Waals surface area contributed by atoms with Crippen molar-refractivity contribution in [3.8, 4) is 11.5 Å². The molecule has 2 aliphatic rings. The van der Waals surface area contributed by atoms with E-state index in [0.29, 0.717) is 18.8 Å². The van der Waals surface area contributed by atoms with Gasteiger partial charge in [0.2, 0.25) is 5.95 Å². The van der Waals surface area contributed by atoms with E-state index in [0.717, 1.165) is 22.6 Å². The fourth-order valence-electron chi connectivity index (χ4n) is 5.12. The van der Waals surface area contributed by atoms with Crippen molar-refractivity contribution in [2.75, 3.05) is 19.5 Å². The maximum absolute atomic E-state index is 12.9. The van der Waals surface area contributed by atoms with Crippen molar-refractivity contribution in [2.45, 2.75) is 44.8 Å². The summed E-state index contributed by atoms with van der Waals surface area (Å²) in [7, 11) is 3.26. The predicted octanol–water partition coefficient (Wildman–Crippen LogP) is 4.69. The lowest BCUT2D eigenvalue weighted by molar-refractivity contribution is -0.117. The number of hydrogen-bond acceptors (Lipinski definition) is 8. The van der Waals surface area contributed by atoms with E-state index in [1.807, 2.05) is 67.1 Å². The Bertz CT molecular complexity index is 1340. The smallest absolute Gasteiger partial charge is 0.222 e. The van der Waals surface area contributed by atoms with Crippen LogP contribution < -0.4 is 14.8 Å². The number of carbonyl (C=O) groups is 1. The lowest BCUT2D eigenvalue weighted by Gasteiger charge is -2.37. The van der Waals surface area contributed by atoms with Gasteiger partial charge in [0.05, 0.1) is 25.8 Å². The molecule has 3 atom stereocenters. The molecule has 192 valence electrons. The molecule has 0 amide bonds. The SMILES string of the molecule is COc1ccc([C@@H]2[C@H](N=CC3=C(O)CC(C)(C)CC3=O)[C@H](c3ccc(OC)cc3)Nc3ncnn32)cc1. The van der Waals surface area contributed by atoms with Gasteiger partial charge in [-0.25, -0.2) is 4.68 Å². The summed E-state index contributed by atoms with van der Waals surface area (Å²) >= 11 is 0. The molecule has 2 aromatic carbocycles. The number of nitrogens with one attached hydrogen (secondary N) is 1. The van der Waals surface area contributed by atoms with Crippen LogP contribution in [0.3, 0.4) is 0 Å². The highest BCUT2D eigenvalue weighted by atomic mass is 16.5. The second kappa shape index (κ2) is 9.72. The normalized spacial score (nSPS) is 23.0. The van der Waals surface area contributed by atoms with Gasteiger partial charge in [0.15, 0.2) is 5.78 Å². The molecule has 2 N–H and O–H groups in total. The van der Waals surface area contributed by atoms with Gasteiger partial charge in [-0.15, -0.1) is 0 Å². The molecule has 1 aliphatic carbocycles. The number of carbonyl (C=O) groups excluding carboxylic acids is 1. The molecule has 0 radical (unpaired) electrons. The Morgan fingerprint density at radius 3 is 2.24 bits per heavy atom. The van der Waals surface area contributed by atoms with E-state index >= 15 is 0 Å². The Morgan fingerprint density at radius 2 is 1.65 bits per heavy atom. The third kappa shape index (κ3) is 4.81. The number of fused-ring (bicyclic) bond motifs is 1. The van der Waals surface area contributed by atoms with Crippen LogP contribution in [0.4, 0.5) is 5.95 Å². The molecule has 0 fully saturated rings. The first kappa shape index (κ1) is 24.5. The number of Topliss-reactive ketones (excluding diaryl/α,β-unsaturated/α-hetero) is 1. The Labute approximate surface area is 215 Å².